The third-order valence-corrected chi connectivity index (χ3v) is 9.25. The van der Waals surface area contributed by atoms with Crippen molar-refractivity contribution < 1.29 is 29.0 Å². The lowest BCUT2D eigenvalue weighted by molar-refractivity contribution is -0.137. The molecule has 1 aliphatic carbocycles. The Labute approximate surface area is 261 Å². The molecular formula is C33H38N6O6. The number of rotatable bonds is 11. The van der Waals surface area contributed by atoms with Crippen molar-refractivity contribution in [1.29, 1.82) is 0 Å². The lowest BCUT2D eigenvalue weighted by Gasteiger charge is -2.27. The minimum Gasteiger partial charge on any atom is -0.489 e. The normalized spacial score (nSPS) is 20.9. The molecule has 0 spiro atoms. The lowest BCUT2D eigenvalue weighted by atomic mass is 10.0. The molecule has 2 amide bonds. The monoisotopic (exact) mass is 614 g/mol. The van der Waals surface area contributed by atoms with Crippen LogP contribution in [0.1, 0.15) is 65.1 Å². The molecule has 12 nitrogen and oxygen atoms in total. The molecule has 2 atom stereocenters. The Morgan fingerprint density at radius 2 is 1.93 bits per heavy atom. The van der Waals surface area contributed by atoms with Crippen LogP contribution in [0.25, 0.3) is 10.9 Å². The zero-order chi connectivity index (χ0) is 31.1. The molecule has 7 rings (SSSR count). The molecule has 0 unspecified atom stereocenters. The molecule has 4 heterocycles. The van der Waals surface area contributed by atoms with Crippen molar-refractivity contribution in [2.45, 2.75) is 63.3 Å². The number of anilines is 1. The number of benzene rings is 2. The Bertz CT molecular complexity index is 1640. The fourth-order valence-corrected chi connectivity index (χ4v) is 6.78. The number of carboxylic acids is 1. The van der Waals surface area contributed by atoms with E-state index < -0.39 is 17.9 Å². The van der Waals surface area contributed by atoms with Gasteiger partial charge >= 0.3 is 5.97 Å². The van der Waals surface area contributed by atoms with Crippen LogP contribution >= 0.6 is 0 Å². The van der Waals surface area contributed by atoms with Crippen molar-refractivity contribution in [1.82, 2.24) is 19.8 Å². The molecule has 2 aromatic carbocycles. The number of carboxylic acid groups (broad SMARTS) is 1. The van der Waals surface area contributed by atoms with E-state index in [9.17, 15) is 14.4 Å². The van der Waals surface area contributed by atoms with Crippen LogP contribution in [0.3, 0.4) is 0 Å². The summed E-state index contributed by atoms with van der Waals surface area (Å²) in [5, 5.41) is 10.1. The topological polar surface area (TPSA) is 151 Å². The molecule has 1 saturated carbocycles. The first-order valence-electron chi connectivity index (χ1n) is 15.8. The maximum absolute atomic E-state index is 13.0. The van der Waals surface area contributed by atoms with Crippen LogP contribution in [0.2, 0.25) is 0 Å². The van der Waals surface area contributed by atoms with Gasteiger partial charge in [0.05, 0.1) is 18.7 Å². The average Bonchev–Trinajstić information content (AvgIpc) is 3.71. The first-order chi connectivity index (χ1) is 21.8. The summed E-state index contributed by atoms with van der Waals surface area (Å²) in [6.45, 7) is 5.74. The number of hydrogen-bond donors (Lipinski definition) is 2. The Morgan fingerprint density at radius 3 is 2.69 bits per heavy atom. The van der Waals surface area contributed by atoms with Gasteiger partial charge in [0.25, 0.3) is 5.91 Å². The van der Waals surface area contributed by atoms with Gasteiger partial charge in [-0.1, -0.05) is 6.07 Å². The molecule has 3 aromatic rings. The highest BCUT2D eigenvalue weighted by Crippen LogP contribution is 2.43. The highest BCUT2D eigenvalue weighted by molar-refractivity contribution is 6.01. The van der Waals surface area contributed by atoms with Crippen LogP contribution in [-0.2, 0) is 27.4 Å². The number of primary amides is 1. The number of ether oxygens (including phenoxy) is 2. The summed E-state index contributed by atoms with van der Waals surface area (Å²) in [6.07, 6.45) is 4.99. The molecule has 4 aliphatic rings. The van der Waals surface area contributed by atoms with Crippen LogP contribution in [0.4, 0.5) is 5.95 Å². The summed E-state index contributed by atoms with van der Waals surface area (Å²) in [4.78, 5) is 51.8. The molecule has 3 N–H and O–H groups in total. The van der Waals surface area contributed by atoms with Gasteiger partial charge in [-0.25, -0.2) is 9.97 Å². The summed E-state index contributed by atoms with van der Waals surface area (Å²) in [7, 11) is 0. The fraction of sp³-hybridized carbons (Fsp3) is 0.485. The summed E-state index contributed by atoms with van der Waals surface area (Å²) < 4.78 is 11.9. The zero-order valence-corrected chi connectivity index (χ0v) is 25.2. The van der Waals surface area contributed by atoms with E-state index in [4.69, 9.17) is 30.3 Å². The first-order valence-corrected chi connectivity index (χ1v) is 15.8. The van der Waals surface area contributed by atoms with Crippen molar-refractivity contribution in [2.75, 3.05) is 44.3 Å². The SMILES string of the molecule is NC(=O)[C@H](CCC(=O)O)N1Cc2cc(O[C@H]3CCN(Cc4cc(C5CC5)c5nc(N6CCOCC6)ncc5c4)C3)ccc2C1=O. The van der Waals surface area contributed by atoms with E-state index in [-0.39, 0.29) is 31.4 Å². The molecule has 1 aromatic heterocycles. The number of aromatic nitrogens is 2. The van der Waals surface area contributed by atoms with E-state index in [1.807, 2.05) is 12.3 Å². The van der Waals surface area contributed by atoms with Crippen LogP contribution in [0.15, 0.2) is 36.5 Å². The van der Waals surface area contributed by atoms with Crippen molar-refractivity contribution in [2.24, 2.45) is 5.73 Å². The van der Waals surface area contributed by atoms with E-state index in [1.165, 1.54) is 28.9 Å². The van der Waals surface area contributed by atoms with Crippen molar-refractivity contribution >= 4 is 34.6 Å². The Hall–Kier alpha value is -4.29. The molecule has 3 aliphatic heterocycles. The zero-order valence-electron chi connectivity index (χ0n) is 25.2. The molecule has 236 valence electrons. The van der Waals surface area contributed by atoms with Crippen LogP contribution in [-0.4, -0.2) is 94.2 Å². The predicted molar refractivity (Wildman–Crippen MR) is 165 cm³/mol. The third-order valence-electron chi connectivity index (χ3n) is 9.25. The van der Waals surface area contributed by atoms with Crippen molar-refractivity contribution in [3.63, 3.8) is 0 Å². The summed E-state index contributed by atoms with van der Waals surface area (Å²) in [5.41, 5.74) is 10.4. The number of morpholine rings is 1. The minimum absolute atomic E-state index is 0.00738. The second-order valence-electron chi connectivity index (χ2n) is 12.5. The highest BCUT2D eigenvalue weighted by Gasteiger charge is 2.36. The molecule has 0 radical (unpaired) electrons. The number of amides is 2. The molecule has 2 saturated heterocycles. The number of carbonyl (C=O) groups excluding carboxylic acids is 2. The summed E-state index contributed by atoms with van der Waals surface area (Å²) >= 11 is 0. The standard InChI is InChI=1S/C33H38N6O6/c34-31(42)28(5-6-29(40)41)39-18-23-15-24(3-4-26(23)32(39)43)45-25-7-8-37(19-25)17-20-13-22-16-35-33(38-9-11-44-12-10-38)36-30(22)27(14-20)21-1-2-21/h3-4,13-16,21,25,28H,1-2,5-12,17-19H2,(H2,34,42)(H,40,41)/t25-,28-/m0/s1. The Balaban J connectivity index is 1.00. The highest BCUT2D eigenvalue weighted by atomic mass is 16.5. The number of likely N-dealkylation sites (tertiary alicyclic amines) is 1. The third kappa shape index (κ3) is 6.30. The second-order valence-corrected chi connectivity index (χ2v) is 12.5. The smallest absolute Gasteiger partial charge is 0.303 e. The number of carbonyl (C=O) groups is 3. The van der Waals surface area contributed by atoms with Gasteiger partial charge in [0.2, 0.25) is 11.9 Å². The van der Waals surface area contributed by atoms with Gasteiger partial charge < -0.3 is 30.1 Å². The molecule has 0 bridgehead atoms. The lowest BCUT2D eigenvalue weighted by Crippen LogP contribution is -2.45. The van der Waals surface area contributed by atoms with E-state index in [0.717, 1.165) is 61.6 Å². The number of nitrogens with zero attached hydrogens (tertiary/aromatic N) is 5. The number of hydrogen-bond acceptors (Lipinski definition) is 9. The fourth-order valence-electron chi connectivity index (χ4n) is 6.78. The van der Waals surface area contributed by atoms with Crippen molar-refractivity contribution in [3.05, 3.63) is 58.8 Å². The average molecular weight is 615 g/mol. The van der Waals surface area contributed by atoms with Crippen LogP contribution in [0, 0.1) is 0 Å². The van der Waals surface area contributed by atoms with Crippen LogP contribution in [0.5, 0.6) is 5.75 Å². The largest absolute Gasteiger partial charge is 0.489 e. The van der Waals surface area contributed by atoms with Gasteiger partial charge in [-0.3, -0.25) is 19.3 Å². The minimum atomic E-state index is -1.04. The van der Waals surface area contributed by atoms with E-state index in [0.29, 0.717) is 30.4 Å². The number of nitrogens with two attached hydrogens (primary N) is 1. The van der Waals surface area contributed by atoms with Gasteiger partial charge in [-0.05, 0) is 72.6 Å². The number of aliphatic carboxylic acids is 1. The quantitative estimate of drug-likeness (QED) is 0.330. The molecule has 3 fully saturated rings. The van der Waals surface area contributed by atoms with Gasteiger partial charge in [0, 0.05) is 62.8 Å². The second kappa shape index (κ2) is 12.2. The predicted octanol–water partition coefficient (Wildman–Crippen LogP) is 2.67. The molecule has 12 heteroatoms. The van der Waals surface area contributed by atoms with Gasteiger partial charge in [0.1, 0.15) is 17.9 Å². The van der Waals surface area contributed by atoms with Gasteiger partial charge in [-0.2, -0.15) is 0 Å². The van der Waals surface area contributed by atoms with Gasteiger partial charge in [0.15, 0.2) is 0 Å². The summed E-state index contributed by atoms with van der Waals surface area (Å²) in [6, 6.07) is 8.94. The first kappa shape index (κ1) is 29.4. The van der Waals surface area contributed by atoms with E-state index in [1.54, 1.807) is 12.1 Å². The molecular weight excluding hydrogens is 576 g/mol. The summed E-state index contributed by atoms with van der Waals surface area (Å²) in [5.74, 6) is -0.0431. The Morgan fingerprint density at radius 1 is 1.11 bits per heavy atom. The van der Waals surface area contributed by atoms with E-state index >= 15 is 0 Å². The van der Waals surface area contributed by atoms with Gasteiger partial charge in [-0.15, -0.1) is 0 Å². The van der Waals surface area contributed by atoms with Crippen LogP contribution < -0.4 is 15.4 Å². The van der Waals surface area contributed by atoms with Crippen molar-refractivity contribution in [3.8, 4) is 5.75 Å². The Kier molecular flexibility index (Phi) is 8.01. The maximum atomic E-state index is 13.0. The maximum Gasteiger partial charge on any atom is 0.303 e. The number of fused-ring (bicyclic) bond motifs is 2. The molecule has 45 heavy (non-hydrogen) atoms. The van der Waals surface area contributed by atoms with E-state index in [2.05, 4.69) is 21.9 Å².